The summed E-state index contributed by atoms with van der Waals surface area (Å²) in [4.78, 5) is 8.82. The molecule has 146 valence electrons. The Morgan fingerprint density at radius 1 is 1.03 bits per heavy atom. The molecule has 0 aliphatic carbocycles. The highest BCUT2D eigenvalue weighted by Gasteiger charge is 2.20. The molecule has 0 saturated carbocycles. The first kappa shape index (κ1) is 19.8. The fourth-order valence-corrected chi connectivity index (χ4v) is 4.30. The van der Waals surface area contributed by atoms with Crippen LogP contribution in [0.4, 0.5) is 9.52 Å². The van der Waals surface area contributed by atoms with Crippen molar-refractivity contribution in [2.75, 3.05) is 4.72 Å². The van der Waals surface area contributed by atoms with Gasteiger partial charge in [0, 0.05) is 39.5 Å². The van der Waals surface area contributed by atoms with Crippen molar-refractivity contribution in [2.24, 2.45) is 0 Å². The van der Waals surface area contributed by atoms with Gasteiger partial charge in [0.25, 0.3) is 0 Å². The second-order valence-electron chi connectivity index (χ2n) is 6.09. The lowest BCUT2D eigenvalue weighted by Crippen LogP contribution is -2.05. The molecule has 0 aliphatic heterocycles. The number of rotatable bonds is 6. The molecule has 0 saturated heterocycles. The van der Waals surface area contributed by atoms with Gasteiger partial charge in [-0.05, 0) is 65.0 Å². The Balaban J connectivity index is 1.62. The summed E-state index contributed by atoms with van der Waals surface area (Å²) in [6.45, 7) is 0. The zero-order chi connectivity index (χ0) is 20.2. The average molecular weight is 444 g/mol. The highest BCUT2D eigenvalue weighted by molar-refractivity contribution is 8.00. The zero-order valence-corrected chi connectivity index (χ0v) is 17.3. The molecule has 2 heterocycles. The maximum absolute atomic E-state index is 14.8. The van der Waals surface area contributed by atoms with Crippen LogP contribution in [0.2, 0.25) is 5.02 Å². The number of nitrogens with zero attached hydrogens (tertiary/aromatic N) is 2. The summed E-state index contributed by atoms with van der Waals surface area (Å²) in [5, 5.41) is 14.1. The molecular weight excluding hydrogens is 429 g/mol. The Hall–Kier alpha value is -2.45. The van der Waals surface area contributed by atoms with E-state index in [9.17, 15) is 9.50 Å². The van der Waals surface area contributed by atoms with E-state index in [-0.39, 0.29) is 5.56 Å². The van der Waals surface area contributed by atoms with E-state index in [1.807, 2.05) is 17.5 Å². The Kier molecular flexibility index (Phi) is 6.10. The first-order chi connectivity index (χ1) is 14.1. The number of hydrogen-bond donors (Lipinski definition) is 2. The minimum Gasteiger partial charge on any atom is -0.384 e. The fourth-order valence-electron chi connectivity index (χ4n) is 2.89. The van der Waals surface area contributed by atoms with Crippen molar-refractivity contribution in [3.05, 3.63) is 94.5 Å². The first-order valence-electron chi connectivity index (χ1n) is 8.61. The highest BCUT2D eigenvalue weighted by atomic mass is 35.5. The third-order valence-corrected chi connectivity index (χ3v) is 6.09. The summed E-state index contributed by atoms with van der Waals surface area (Å²) < 4.78 is 17.9. The van der Waals surface area contributed by atoms with Gasteiger partial charge in [-0.3, -0.25) is 4.98 Å². The van der Waals surface area contributed by atoms with Crippen molar-refractivity contribution in [1.29, 1.82) is 0 Å². The quantitative estimate of drug-likeness (QED) is 0.347. The fraction of sp³-hybridized carbons (Fsp3) is 0.0476. The maximum atomic E-state index is 14.8. The second-order valence-corrected chi connectivity index (χ2v) is 8.31. The molecule has 0 radical (unpaired) electrons. The Bertz CT molecular complexity index is 1110. The largest absolute Gasteiger partial charge is 0.384 e. The molecule has 4 aromatic rings. The van der Waals surface area contributed by atoms with Crippen LogP contribution in [-0.2, 0) is 0 Å². The van der Waals surface area contributed by atoms with Gasteiger partial charge in [-0.25, -0.2) is 9.37 Å². The highest BCUT2D eigenvalue weighted by Crippen LogP contribution is 2.35. The number of hydrogen-bond acceptors (Lipinski definition) is 6. The summed E-state index contributed by atoms with van der Waals surface area (Å²) in [5.74, 6) is -0.487. The van der Waals surface area contributed by atoms with Gasteiger partial charge in [-0.15, -0.1) is 11.3 Å². The number of anilines is 1. The molecule has 1 atom stereocenters. The number of thiazole rings is 1. The van der Waals surface area contributed by atoms with E-state index in [1.165, 1.54) is 29.4 Å². The number of pyridine rings is 1. The third-order valence-electron chi connectivity index (χ3n) is 4.26. The van der Waals surface area contributed by atoms with Crippen molar-refractivity contribution < 1.29 is 9.50 Å². The van der Waals surface area contributed by atoms with Gasteiger partial charge < -0.3 is 9.83 Å². The molecule has 0 bridgehead atoms. The maximum Gasteiger partial charge on any atom is 0.192 e. The van der Waals surface area contributed by atoms with E-state index in [0.29, 0.717) is 15.5 Å². The van der Waals surface area contributed by atoms with Gasteiger partial charge in [0.1, 0.15) is 11.9 Å². The second kappa shape index (κ2) is 8.92. The van der Waals surface area contributed by atoms with E-state index < -0.39 is 11.9 Å². The van der Waals surface area contributed by atoms with Crippen molar-refractivity contribution >= 4 is 40.0 Å². The van der Waals surface area contributed by atoms with Crippen LogP contribution in [-0.4, -0.2) is 15.1 Å². The Morgan fingerprint density at radius 3 is 2.55 bits per heavy atom. The van der Waals surface area contributed by atoms with E-state index in [1.54, 1.807) is 48.9 Å². The van der Waals surface area contributed by atoms with Crippen molar-refractivity contribution in [3.63, 3.8) is 0 Å². The van der Waals surface area contributed by atoms with Gasteiger partial charge >= 0.3 is 0 Å². The smallest absolute Gasteiger partial charge is 0.192 e. The Morgan fingerprint density at radius 2 is 1.83 bits per heavy atom. The number of aromatic nitrogens is 2. The van der Waals surface area contributed by atoms with Gasteiger partial charge in [0.15, 0.2) is 5.13 Å². The van der Waals surface area contributed by atoms with Crippen molar-refractivity contribution in [2.45, 2.75) is 11.0 Å². The lowest BCUT2D eigenvalue weighted by atomic mass is 9.93. The molecule has 0 fully saturated rings. The number of halogens is 2. The molecule has 2 aromatic carbocycles. The van der Waals surface area contributed by atoms with Crippen LogP contribution < -0.4 is 4.72 Å². The molecular formula is C21H15ClFN3OS2. The standard InChI is InChI=1S/C21H15ClFN3OS2/c22-14-1-3-16(18(11-14)13-5-7-24-8-6-13)20(27)17-4-2-15(12-19(17)23)29-26-21-25-9-10-28-21/h1-12,20,27H,(H,25,26). The minimum atomic E-state index is -1.14. The summed E-state index contributed by atoms with van der Waals surface area (Å²) in [6, 6.07) is 13.6. The zero-order valence-electron chi connectivity index (χ0n) is 14.9. The average Bonchev–Trinajstić information content (AvgIpc) is 3.26. The predicted octanol–water partition coefficient (Wildman–Crippen LogP) is 6.20. The molecule has 0 aliphatic rings. The van der Waals surface area contributed by atoms with Crippen molar-refractivity contribution in [1.82, 2.24) is 9.97 Å². The first-order valence-corrected chi connectivity index (χ1v) is 10.7. The normalized spacial score (nSPS) is 12.0. The third kappa shape index (κ3) is 4.59. The Labute approximate surface area is 180 Å². The molecule has 4 nitrogen and oxygen atoms in total. The molecule has 2 N–H and O–H groups in total. The number of aliphatic hydroxyl groups is 1. The summed E-state index contributed by atoms with van der Waals surface area (Å²) in [5.41, 5.74) is 2.34. The van der Waals surface area contributed by atoms with Crippen LogP contribution in [0.1, 0.15) is 17.2 Å². The molecule has 4 rings (SSSR count). The minimum absolute atomic E-state index is 0.196. The summed E-state index contributed by atoms with van der Waals surface area (Å²) >= 11 is 8.88. The lowest BCUT2D eigenvalue weighted by molar-refractivity contribution is 0.215. The molecule has 29 heavy (non-hydrogen) atoms. The van der Waals surface area contributed by atoms with Crippen LogP contribution in [0.25, 0.3) is 11.1 Å². The molecule has 2 aromatic heterocycles. The topological polar surface area (TPSA) is 58.0 Å². The van der Waals surface area contributed by atoms with Crippen molar-refractivity contribution in [3.8, 4) is 11.1 Å². The summed E-state index contributed by atoms with van der Waals surface area (Å²) in [6.07, 6.45) is 3.88. The number of nitrogens with one attached hydrogen (secondary N) is 1. The molecule has 0 amide bonds. The van der Waals surface area contributed by atoms with Crippen LogP contribution in [0.3, 0.4) is 0 Å². The van der Waals surface area contributed by atoms with E-state index in [4.69, 9.17) is 11.6 Å². The molecule has 8 heteroatoms. The predicted molar refractivity (Wildman–Crippen MR) is 117 cm³/mol. The SMILES string of the molecule is OC(c1ccc(SNc2nccs2)cc1F)c1ccc(Cl)cc1-c1ccncc1. The van der Waals surface area contributed by atoms with Crippen LogP contribution in [0.15, 0.2) is 77.4 Å². The van der Waals surface area contributed by atoms with Crippen LogP contribution in [0.5, 0.6) is 0 Å². The van der Waals surface area contributed by atoms with Gasteiger partial charge in [-0.2, -0.15) is 0 Å². The molecule has 0 spiro atoms. The van der Waals surface area contributed by atoms with Gasteiger partial charge in [-0.1, -0.05) is 23.7 Å². The summed E-state index contributed by atoms with van der Waals surface area (Å²) in [7, 11) is 0. The van der Waals surface area contributed by atoms with Crippen LogP contribution >= 0.6 is 34.9 Å². The lowest BCUT2D eigenvalue weighted by Gasteiger charge is -2.18. The number of benzene rings is 2. The molecule has 1 unspecified atom stereocenters. The van der Waals surface area contributed by atoms with Gasteiger partial charge in [0.2, 0.25) is 0 Å². The van der Waals surface area contributed by atoms with E-state index in [0.717, 1.165) is 16.3 Å². The van der Waals surface area contributed by atoms with E-state index in [2.05, 4.69) is 14.7 Å². The monoisotopic (exact) mass is 443 g/mol. The number of aliphatic hydroxyl groups excluding tert-OH is 1. The van der Waals surface area contributed by atoms with Gasteiger partial charge in [0.05, 0.1) is 0 Å². The van der Waals surface area contributed by atoms with E-state index >= 15 is 0 Å². The van der Waals surface area contributed by atoms with Crippen LogP contribution in [0, 0.1) is 5.82 Å².